The molecule has 0 spiro atoms. The fourth-order valence-electron chi connectivity index (χ4n) is 3.30. The molecule has 3 aromatic rings. The minimum absolute atomic E-state index is 0.129. The molecule has 2 heterocycles. The van der Waals surface area contributed by atoms with Crippen LogP contribution in [0.4, 0.5) is 11.5 Å². The number of carbonyl (C=O) groups excluding carboxylic acids is 1. The lowest BCUT2D eigenvalue weighted by Gasteiger charge is -2.20. The van der Waals surface area contributed by atoms with Crippen molar-refractivity contribution < 1.29 is 14.3 Å². The van der Waals surface area contributed by atoms with E-state index < -0.39 is 0 Å². The SMILES string of the molecule is CCN(CC)c1ccc2[nH]nc(NC(=O)Cc3ccc4c(c3)OCO4)c2c1. The molecule has 0 fully saturated rings. The molecule has 7 nitrogen and oxygen atoms in total. The lowest BCUT2D eigenvalue weighted by Crippen LogP contribution is -2.21. The van der Waals surface area contributed by atoms with Gasteiger partial charge in [0.15, 0.2) is 17.3 Å². The maximum Gasteiger partial charge on any atom is 0.231 e. The molecule has 1 amide bonds. The highest BCUT2D eigenvalue weighted by molar-refractivity contribution is 6.01. The number of benzene rings is 2. The van der Waals surface area contributed by atoms with Crippen LogP contribution in [0, 0.1) is 0 Å². The van der Waals surface area contributed by atoms with Gasteiger partial charge in [-0.3, -0.25) is 9.89 Å². The van der Waals surface area contributed by atoms with Gasteiger partial charge < -0.3 is 19.7 Å². The molecule has 0 unspecified atom stereocenters. The van der Waals surface area contributed by atoms with Gasteiger partial charge in [0.25, 0.3) is 0 Å². The Kier molecular flexibility index (Phi) is 4.58. The summed E-state index contributed by atoms with van der Waals surface area (Å²) in [6.07, 6.45) is 0.237. The molecule has 0 radical (unpaired) electrons. The van der Waals surface area contributed by atoms with Crippen LogP contribution < -0.4 is 19.7 Å². The Bertz CT molecular complexity index is 979. The number of nitrogens with zero attached hydrogens (tertiary/aromatic N) is 2. The predicted molar refractivity (Wildman–Crippen MR) is 105 cm³/mol. The Hall–Kier alpha value is -3.22. The third-order valence-electron chi connectivity index (χ3n) is 4.73. The monoisotopic (exact) mass is 366 g/mol. The molecular weight excluding hydrogens is 344 g/mol. The van der Waals surface area contributed by atoms with Crippen molar-refractivity contribution in [3.8, 4) is 11.5 Å². The van der Waals surface area contributed by atoms with Gasteiger partial charge in [-0.2, -0.15) is 5.10 Å². The van der Waals surface area contributed by atoms with Crippen LogP contribution >= 0.6 is 0 Å². The van der Waals surface area contributed by atoms with Gasteiger partial charge in [-0.05, 0) is 49.7 Å². The minimum atomic E-state index is -0.129. The second kappa shape index (κ2) is 7.19. The van der Waals surface area contributed by atoms with Gasteiger partial charge in [0.05, 0.1) is 11.9 Å². The van der Waals surface area contributed by atoms with Gasteiger partial charge in [-0.15, -0.1) is 0 Å². The van der Waals surface area contributed by atoms with E-state index in [-0.39, 0.29) is 19.1 Å². The average molecular weight is 366 g/mol. The smallest absolute Gasteiger partial charge is 0.231 e. The highest BCUT2D eigenvalue weighted by Gasteiger charge is 2.16. The maximum absolute atomic E-state index is 12.5. The first kappa shape index (κ1) is 17.2. The van der Waals surface area contributed by atoms with Crippen molar-refractivity contribution in [2.45, 2.75) is 20.3 Å². The van der Waals surface area contributed by atoms with E-state index in [4.69, 9.17) is 9.47 Å². The lowest BCUT2D eigenvalue weighted by atomic mass is 10.1. The zero-order chi connectivity index (χ0) is 18.8. The van der Waals surface area contributed by atoms with Gasteiger partial charge in [0, 0.05) is 24.2 Å². The molecule has 0 aliphatic carbocycles. The second-order valence-electron chi connectivity index (χ2n) is 6.39. The number of anilines is 2. The molecule has 7 heteroatoms. The Morgan fingerprint density at radius 2 is 1.96 bits per heavy atom. The topological polar surface area (TPSA) is 79.5 Å². The van der Waals surface area contributed by atoms with Crippen LogP contribution in [0.1, 0.15) is 19.4 Å². The van der Waals surface area contributed by atoms with E-state index in [0.717, 1.165) is 35.2 Å². The first-order valence-electron chi connectivity index (χ1n) is 9.09. The van der Waals surface area contributed by atoms with Crippen LogP contribution in [0.2, 0.25) is 0 Å². The Morgan fingerprint density at radius 3 is 2.78 bits per heavy atom. The van der Waals surface area contributed by atoms with Crippen LogP contribution in [-0.2, 0) is 11.2 Å². The number of ether oxygens (including phenoxy) is 2. The summed E-state index contributed by atoms with van der Waals surface area (Å²) in [5.41, 5.74) is 2.87. The molecule has 2 aromatic carbocycles. The number of H-pyrrole nitrogens is 1. The van der Waals surface area contributed by atoms with Gasteiger partial charge in [0.2, 0.25) is 12.7 Å². The Morgan fingerprint density at radius 1 is 1.15 bits per heavy atom. The fraction of sp³-hybridized carbons (Fsp3) is 0.300. The summed E-state index contributed by atoms with van der Waals surface area (Å²) in [5.74, 6) is 1.80. The predicted octanol–water partition coefficient (Wildman–Crippen LogP) is 3.32. The molecule has 1 aromatic heterocycles. The van der Waals surface area contributed by atoms with E-state index >= 15 is 0 Å². The number of rotatable bonds is 6. The summed E-state index contributed by atoms with van der Waals surface area (Å²) in [5, 5.41) is 11.1. The second-order valence-corrected chi connectivity index (χ2v) is 6.39. The summed E-state index contributed by atoms with van der Waals surface area (Å²) < 4.78 is 10.7. The number of aromatic nitrogens is 2. The summed E-state index contributed by atoms with van der Waals surface area (Å²) in [6.45, 7) is 6.31. The minimum Gasteiger partial charge on any atom is -0.454 e. The molecule has 0 saturated carbocycles. The van der Waals surface area contributed by atoms with Crippen LogP contribution in [-0.4, -0.2) is 36.0 Å². The van der Waals surface area contributed by atoms with Crippen molar-refractivity contribution >= 4 is 28.3 Å². The number of hydrogen-bond acceptors (Lipinski definition) is 5. The summed E-state index contributed by atoms with van der Waals surface area (Å²) in [7, 11) is 0. The van der Waals surface area contributed by atoms with E-state index in [1.807, 2.05) is 24.3 Å². The zero-order valence-corrected chi connectivity index (χ0v) is 15.4. The van der Waals surface area contributed by atoms with Crippen molar-refractivity contribution in [2.24, 2.45) is 0 Å². The average Bonchev–Trinajstić information content (AvgIpc) is 3.29. The lowest BCUT2D eigenvalue weighted by molar-refractivity contribution is -0.115. The summed E-state index contributed by atoms with van der Waals surface area (Å²) in [4.78, 5) is 14.8. The number of fused-ring (bicyclic) bond motifs is 2. The molecule has 4 rings (SSSR count). The van der Waals surface area contributed by atoms with Crippen molar-refractivity contribution in [2.75, 3.05) is 30.1 Å². The molecule has 27 heavy (non-hydrogen) atoms. The Balaban J connectivity index is 1.52. The third-order valence-corrected chi connectivity index (χ3v) is 4.73. The maximum atomic E-state index is 12.5. The summed E-state index contributed by atoms with van der Waals surface area (Å²) >= 11 is 0. The number of nitrogens with one attached hydrogen (secondary N) is 2. The van der Waals surface area contributed by atoms with Crippen molar-refractivity contribution in [3.63, 3.8) is 0 Å². The van der Waals surface area contributed by atoms with E-state index in [1.54, 1.807) is 0 Å². The van der Waals surface area contributed by atoms with Crippen molar-refractivity contribution in [3.05, 3.63) is 42.0 Å². The summed E-state index contributed by atoms with van der Waals surface area (Å²) in [6, 6.07) is 11.6. The van der Waals surface area contributed by atoms with Crippen molar-refractivity contribution in [1.29, 1.82) is 0 Å². The fourth-order valence-corrected chi connectivity index (χ4v) is 3.30. The van der Waals surface area contributed by atoms with Crippen molar-refractivity contribution in [1.82, 2.24) is 10.2 Å². The number of amides is 1. The first-order chi connectivity index (χ1) is 13.2. The molecule has 1 aliphatic rings. The van der Waals surface area contributed by atoms with Gasteiger partial charge in [-0.25, -0.2) is 0 Å². The first-order valence-corrected chi connectivity index (χ1v) is 9.09. The normalized spacial score (nSPS) is 12.4. The molecule has 0 atom stereocenters. The van der Waals surface area contributed by atoms with Gasteiger partial charge in [-0.1, -0.05) is 6.07 Å². The van der Waals surface area contributed by atoms with Crippen LogP contribution in [0.3, 0.4) is 0 Å². The van der Waals surface area contributed by atoms with E-state index in [1.165, 1.54) is 0 Å². The van der Waals surface area contributed by atoms with E-state index in [9.17, 15) is 4.79 Å². The number of carbonyl (C=O) groups is 1. The van der Waals surface area contributed by atoms with Crippen LogP contribution in [0.15, 0.2) is 36.4 Å². The molecule has 140 valence electrons. The van der Waals surface area contributed by atoms with Gasteiger partial charge >= 0.3 is 0 Å². The molecule has 2 N–H and O–H groups in total. The highest BCUT2D eigenvalue weighted by Crippen LogP contribution is 2.32. The molecule has 1 aliphatic heterocycles. The van der Waals surface area contributed by atoms with Crippen LogP contribution in [0.25, 0.3) is 10.9 Å². The third kappa shape index (κ3) is 3.40. The molecular formula is C20H22N4O3. The molecule has 0 bridgehead atoms. The largest absolute Gasteiger partial charge is 0.454 e. The number of aromatic amines is 1. The quantitative estimate of drug-likeness (QED) is 0.700. The zero-order valence-electron chi connectivity index (χ0n) is 15.4. The standard InChI is InChI=1S/C20H22N4O3/c1-3-24(4-2)14-6-7-16-15(11-14)20(23-22-16)21-19(25)10-13-5-8-17-18(9-13)27-12-26-17/h5-9,11H,3-4,10,12H2,1-2H3,(H2,21,22,23,25). The number of hydrogen-bond donors (Lipinski definition) is 2. The molecule has 0 saturated heterocycles. The van der Waals surface area contributed by atoms with E-state index in [0.29, 0.717) is 17.3 Å². The van der Waals surface area contributed by atoms with Crippen LogP contribution in [0.5, 0.6) is 11.5 Å². The highest BCUT2D eigenvalue weighted by atomic mass is 16.7. The van der Waals surface area contributed by atoms with Gasteiger partial charge in [0.1, 0.15) is 0 Å². The van der Waals surface area contributed by atoms with E-state index in [2.05, 4.69) is 46.4 Å². The Labute approximate surface area is 157 Å².